The van der Waals surface area contributed by atoms with Crippen LogP contribution in [0.5, 0.6) is 0 Å². The molecule has 1 N–H and O–H groups in total. The van der Waals surface area contributed by atoms with Gasteiger partial charge in [0.15, 0.2) is 0 Å². The average Bonchev–Trinajstić information content (AvgIpc) is 2.70. The highest BCUT2D eigenvalue weighted by Crippen LogP contribution is 2.29. The smallest absolute Gasteiger partial charge is 0.0931 e. The first-order valence-corrected chi connectivity index (χ1v) is 6.88. The third-order valence-electron chi connectivity index (χ3n) is 2.65. The second-order valence-corrected chi connectivity index (χ2v) is 5.62. The summed E-state index contributed by atoms with van der Waals surface area (Å²) in [6, 6.07) is 4.48. The summed E-state index contributed by atoms with van der Waals surface area (Å²) in [5.41, 5.74) is 0. The van der Waals surface area contributed by atoms with Crippen LogP contribution in [0.1, 0.15) is 37.6 Å². The van der Waals surface area contributed by atoms with Crippen molar-refractivity contribution in [2.45, 2.75) is 38.8 Å². The van der Waals surface area contributed by atoms with Gasteiger partial charge in [-0.05, 0) is 38.4 Å². The Morgan fingerprint density at radius 1 is 1.44 bits per heavy atom. The van der Waals surface area contributed by atoms with Crippen molar-refractivity contribution in [3.8, 4) is 0 Å². The van der Waals surface area contributed by atoms with Crippen LogP contribution in [0.4, 0.5) is 0 Å². The second-order valence-electron chi connectivity index (χ2n) is 3.88. The van der Waals surface area contributed by atoms with E-state index in [0.717, 1.165) is 23.7 Å². The van der Waals surface area contributed by atoms with E-state index in [2.05, 4.69) is 25.2 Å². The molecular formula is C12H20ClNOS. The minimum absolute atomic E-state index is 0.316. The molecule has 0 saturated heterocycles. The predicted molar refractivity (Wildman–Crippen MR) is 71.5 cm³/mol. The molecule has 0 spiro atoms. The summed E-state index contributed by atoms with van der Waals surface area (Å²) < 4.78 is 6.13. The predicted octanol–water partition coefficient (Wildman–Crippen LogP) is 3.87. The Morgan fingerprint density at radius 3 is 2.69 bits per heavy atom. The van der Waals surface area contributed by atoms with Crippen LogP contribution < -0.4 is 5.32 Å². The van der Waals surface area contributed by atoms with Gasteiger partial charge in [0, 0.05) is 18.0 Å². The molecule has 1 aromatic heterocycles. The summed E-state index contributed by atoms with van der Waals surface area (Å²) in [5.74, 6) is 0. The molecule has 1 aromatic rings. The van der Waals surface area contributed by atoms with Gasteiger partial charge in [0.25, 0.3) is 0 Å². The standard InChI is InChI=1S/C12H20ClNOS/c1-4-14-10(6-5-9(2)15-3)11-7-8-12(13)16-11/h7-10,14H,4-6H2,1-3H3. The summed E-state index contributed by atoms with van der Waals surface area (Å²) in [6.07, 6.45) is 2.46. The number of methoxy groups -OCH3 is 1. The van der Waals surface area contributed by atoms with E-state index < -0.39 is 0 Å². The van der Waals surface area contributed by atoms with Crippen LogP contribution in [0.3, 0.4) is 0 Å². The number of ether oxygens (including phenoxy) is 1. The van der Waals surface area contributed by atoms with Gasteiger partial charge in [0.05, 0.1) is 10.4 Å². The maximum atomic E-state index is 5.96. The van der Waals surface area contributed by atoms with E-state index in [4.69, 9.17) is 16.3 Å². The van der Waals surface area contributed by atoms with Gasteiger partial charge in [0.2, 0.25) is 0 Å². The molecule has 0 bridgehead atoms. The number of nitrogens with one attached hydrogen (secondary N) is 1. The molecular weight excluding hydrogens is 242 g/mol. The molecule has 16 heavy (non-hydrogen) atoms. The van der Waals surface area contributed by atoms with Gasteiger partial charge in [-0.25, -0.2) is 0 Å². The Kier molecular flexibility index (Phi) is 6.36. The fourth-order valence-corrected chi connectivity index (χ4v) is 2.80. The molecule has 0 aromatic carbocycles. The zero-order valence-corrected chi connectivity index (χ0v) is 11.7. The van der Waals surface area contributed by atoms with Gasteiger partial charge < -0.3 is 10.1 Å². The molecule has 2 atom stereocenters. The summed E-state index contributed by atoms with van der Waals surface area (Å²) in [6.45, 7) is 5.20. The lowest BCUT2D eigenvalue weighted by Crippen LogP contribution is -2.21. The van der Waals surface area contributed by atoms with Crippen molar-refractivity contribution in [2.24, 2.45) is 0 Å². The van der Waals surface area contributed by atoms with E-state index in [1.165, 1.54) is 4.88 Å². The molecule has 1 rings (SSSR count). The number of hydrogen-bond acceptors (Lipinski definition) is 3. The fourth-order valence-electron chi connectivity index (χ4n) is 1.63. The van der Waals surface area contributed by atoms with Crippen molar-refractivity contribution in [1.82, 2.24) is 5.32 Å². The van der Waals surface area contributed by atoms with Crippen molar-refractivity contribution >= 4 is 22.9 Å². The highest BCUT2D eigenvalue weighted by atomic mass is 35.5. The quantitative estimate of drug-likeness (QED) is 0.805. The lowest BCUT2D eigenvalue weighted by atomic mass is 10.1. The number of thiophene rings is 1. The molecule has 0 aliphatic rings. The van der Waals surface area contributed by atoms with Crippen molar-refractivity contribution in [2.75, 3.05) is 13.7 Å². The van der Waals surface area contributed by atoms with E-state index in [9.17, 15) is 0 Å². The SMILES string of the molecule is CCNC(CCC(C)OC)c1ccc(Cl)s1. The summed E-state index contributed by atoms with van der Waals surface area (Å²) in [4.78, 5) is 1.31. The van der Waals surface area contributed by atoms with E-state index in [1.807, 2.05) is 6.07 Å². The number of rotatable bonds is 7. The number of hydrogen-bond donors (Lipinski definition) is 1. The van der Waals surface area contributed by atoms with Crippen LogP contribution in [0.25, 0.3) is 0 Å². The van der Waals surface area contributed by atoms with E-state index in [1.54, 1.807) is 18.4 Å². The zero-order chi connectivity index (χ0) is 12.0. The van der Waals surface area contributed by atoms with Crippen LogP contribution in [0.15, 0.2) is 12.1 Å². The van der Waals surface area contributed by atoms with Crippen molar-refractivity contribution < 1.29 is 4.74 Å². The highest BCUT2D eigenvalue weighted by Gasteiger charge is 2.13. The lowest BCUT2D eigenvalue weighted by molar-refractivity contribution is 0.106. The van der Waals surface area contributed by atoms with Gasteiger partial charge in [-0.3, -0.25) is 0 Å². The van der Waals surface area contributed by atoms with E-state index in [-0.39, 0.29) is 0 Å². The molecule has 0 aliphatic carbocycles. The summed E-state index contributed by atoms with van der Waals surface area (Å²) >= 11 is 7.62. The lowest BCUT2D eigenvalue weighted by Gasteiger charge is -2.18. The van der Waals surface area contributed by atoms with Crippen LogP contribution >= 0.6 is 22.9 Å². The van der Waals surface area contributed by atoms with Crippen molar-refractivity contribution in [1.29, 1.82) is 0 Å². The summed E-state index contributed by atoms with van der Waals surface area (Å²) in [7, 11) is 1.76. The van der Waals surface area contributed by atoms with Gasteiger partial charge >= 0.3 is 0 Å². The average molecular weight is 262 g/mol. The third-order valence-corrected chi connectivity index (χ3v) is 4.00. The fraction of sp³-hybridized carbons (Fsp3) is 0.667. The molecule has 92 valence electrons. The van der Waals surface area contributed by atoms with Gasteiger partial charge in [-0.15, -0.1) is 11.3 Å². The monoisotopic (exact) mass is 261 g/mol. The molecule has 0 amide bonds. The molecule has 0 saturated carbocycles. The van der Waals surface area contributed by atoms with Crippen LogP contribution in [-0.4, -0.2) is 19.8 Å². The van der Waals surface area contributed by atoms with Crippen LogP contribution in [0.2, 0.25) is 4.34 Å². The molecule has 0 fully saturated rings. The maximum absolute atomic E-state index is 5.96. The van der Waals surface area contributed by atoms with E-state index in [0.29, 0.717) is 12.1 Å². The third kappa shape index (κ3) is 4.42. The molecule has 2 unspecified atom stereocenters. The minimum atomic E-state index is 0.316. The molecule has 1 heterocycles. The Bertz CT molecular complexity index is 303. The van der Waals surface area contributed by atoms with Crippen molar-refractivity contribution in [3.05, 3.63) is 21.3 Å². The van der Waals surface area contributed by atoms with Crippen LogP contribution in [-0.2, 0) is 4.74 Å². The molecule has 0 radical (unpaired) electrons. The highest BCUT2D eigenvalue weighted by molar-refractivity contribution is 7.16. The maximum Gasteiger partial charge on any atom is 0.0931 e. The topological polar surface area (TPSA) is 21.3 Å². The Balaban J connectivity index is 2.53. The molecule has 4 heteroatoms. The van der Waals surface area contributed by atoms with Gasteiger partial charge in [-0.2, -0.15) is 0 Å². The number of halogens is 1. The largest absolute Gasteiger partial charge is 0.382 e. The van der Waals surface area contributed by atoms with Gasteiger partial charge in [-0.1, -0.05) is 18.5 Å². The first-order chi connectivity index (χ1) is 7.67. The van der Waals surface area contributed by atoms with Crippen LogP contribution in [0, 0.1) is 0 Å². The van der Waals surface area contributed by atoms with E-state index >= 15 is 0 Å². The summed E-state index contributed by atoms with van der Waals surface area (Å²) in [5, 5.41) is 3.49. The Labute approximate surface area is 107 Å². The minimum Gasteiger partial charge on any atom is -0.382 e. The second kappa shape index (κ2) is 7.28. The Hall–Kier alpha value is -0.0900. The van der Waals surface area contributed by atoms with Crippen molar-refractivity contribution in [3.63, 3.8) is 0 Å². The normalized spacial score (nSPS) is 15.0. The zero-order valence-electron chi connectivity index (χ0n) is 10.1. The molecule has 2 nitrogen and oxygen atoms in total. The first-order valence-electron chi connectivity index (χ1n) is 5.68. The first kappa shape index (κ1) is 14.0. The molecule has 0 aliphatic heterocycles. The van der Waals surface area contributed by atoms with Gasteiger partial charge in [0.1, 0.15) is 0 Å². The Morgan fingerprint density at radius 2 is 2.19 bits per heavy atom.